The summed E-state index contributed by atoms with van der Waals surface area (Å²) < 4.78 is 28.8. The van der Waals surface area contributed by atoms with Crippen LogP contribution in [0.2, 0.25) is 0 Å². The number of ether oxygens (including phenoxy) is 1. The maximum absolute atomic E-state index is 12.0. The molecule has 1 N–H and O–H groups in total. The summed E-state index contributed by atoms with van der Waals surface area (Å²) in [6.45, 7) is 9.23. The molecule has 0 radical (unpaired) electrons. The van der Waals surface area contributed by atoms with Crippen LogP contribution in [0.1, 0.15) is 34.1 Å². The average Bonchev–Trinajstić information content (AvgIpc) is 2.57. The van der Waals surface area contributed by atoms with Crippen molar-refractivity contribution in [3.05, 3.63) is 0 Å². The van der Waals surface area contributed by atoms with Crippen LogP contribution in [0, 0.1) is 0 Å². The van der Waals surface area contributed by atoms with E-state index in [1.807, 2.05) is 27.7 Å². The van der Waals surface area contributed by atoms with Crippen molar-refractivity contribution >= 4 is 15.9 Å². The van der Waals surface area contributed by atoms with Crippen LogP contribution in [0.25, 0.3) is 0 Å². The lowest BCUT2D eigenvalue weighted by molar-refractivity contribution is -0.0353. The zero-order valence-electron chi connectivity index (χ0n) is 14.4. The highest BCUT2D eigenvalue weighted by Gasteiger charge is 2.45. The molecule has 0 spiro atoms. The molecule has 0 aromatic rings. The standard InChI is InChI=1S/C15H28N2O5S/c1-5-6-17(12-9-23(20,21)10-13(12)18)11-7-16(8-11)14(19)22-15(2,3)4/h11-13,18H,5-10H2,1-4H3/t12-,13-/m1/s1. The third-order valence-corrected chi connectivity index (χ3v) is 5.88. The molecule has 2 fully saturated rings. The van der Waals surface area contributed by atoms with E-state index in [4.69, 9.17) is 4.74 Å². The van der Waals surface area contributed by atoms with Crippen molar-refractivity contribution < 1.29 is 23.1 Å². The van der Waals surface area contributed by atoms with Gasteiger partial charge in [-0.05, 0) is 33.7 Å². The summed E-state index contributed by atoms with van der Waals surface area (Å²) in [4.78, 5) is 15.7. The van der Waals surface area contributed by atoms with Crippen LogP contribution < -0.4 is 0 Å². The number of carbonyl (C=O) groups excluding carboxylic acids is 1. The van der Waals surface area contributed by atoms with Gasteiger partial charge in [0.1, 0.15) is 5.60 Å². The Balaban J connectivity index is 1.96. The van der Waals surface area contributed by atoms with E-state index >= 15 is 0 Å². The second kappa shape index (κ2) is 6.57. The van der Waals surface area contributed by atoms with Gasteiger partial charge in [0.2, 0.25) is 0 Å². The summed E-state index contributed by atoms with van der Waals surface area (Å²) in [5.41, 5.74) is -0.527. The first-order valence-electron chi connectivity index (χ1n) is 8.14. The lowest BCUT2D eigenvalue weighted by atomic mass is 10.0. The number of amides is 1. The van der Waals surface area contributed by atoms with Crippen molar-refractivity contribution in [2.75, 3.05) is 31.1 Å². The Hall–Kier alpha value is -0.860. The van der Waals surface area contributed by atoms with Gasteiger partial charge in [0, 0.05) is 19.1 Å². The van der Waals surface area contributed by atoms with Gasteiger partial charge in [0.15, 0.2) is 9.84 Å². The highest BCUT2D eigenvalue weighted by Crippen LogP contribution is 2.26. The number of sulfone groups is 1. The van der Waals surface area contributed by atoms with Gasteiger partial charge in [-0.15, -0.1) is 0 Å². The molecule has 2 heterocycles. The first-order valence-corrected chi connectivity index (χ1v) is 9.96. The normalized spacial score (nSPS) is 28.0. The van der Waals surface area contributed by atoms with Gasteiger partial charge in [0.05, 0.1) is 23.7 Å². The van der Waals surface area contributed by atoms with Crippen LogP contribution in [0.4, 0.5) is 4.79 Å². The molecule has 2 atom stereocenters. The number of rotatable bonds is 4. The SMILES string of the molecule is CCCN(C1CN(C(=O)OC(C)(C)C)C1)[C@@H]1CS(=O)(=O)C[C@H]1O. The van der Waals surface area contributed by atoms with Gasteiger partial charge in [-0.2, -0.15) is 0 Å². The molecule has 2 aliphatic heterocycles. The molecule has 1 amide bonds. The molecule has 134 valence electrons. The van der Waals surface area contributed by atoms with E-state index in [0.29, 0.717) is 19.6 Å². The fraction of sp³-hybridized carbons (Fsp3) is 0.933. The maximum Gasteiger partial charge on any atom is 0.410 e. The van der Waals surface area contributed by atoms with Gasteiger partial charge in [-0.3, -0.25) is 4.90 Å². The Labute approximate surface area is 138 Å². The summed E-state index contributed by atoms with van der Waals surface area (Å²) in [5, 5.41) is 10.1. The van der Waals surface area contributed by atoms with E-state index in [-0.39, 0.29) is 29.7 Å². The minimum Gasteiger partial charge on any atom is -0.444 e. The Kier molecular flexibility index (Phi) is 5.27. The first kappa shape index (κ1) is 18.5. The molecule has 0 aromatic heterocycles. The monoisotopic (exact) mass is 348 g/mol. The molecule has 2 rings (SSSR count). The minimum atomic E-state index is -3.18. The van der Waals surface area contributed by atoms with Crippen molar-refractivity contribution in [1.29, 1.82) is 0 Å². The third-order valence-electron chi connectivity index (χ3n) is 4.18. The number of carbonyl (C=O) groups is 1. The summed E-state index contributed by atoms with van der Waals surface area (Å²) in [6, 6.07) is -0.291. The average molecular weight is 348 g/mol. The molecule has 2 saturated heterocycles. The number of hydrogen-bond donors (Lipinski definition) is 1. The van der Waals surface area contributed by atoms with Crippen LogP contribution >= 0.6 is 0 Å². The zero-order chi connectivity index (χ0) is 17.4. The van der Waals surface area contributed by atoms with Crippen molar-refractivity contribution in [2.45, 2.75) is 57.9 Å². The molecule has 0 saturated carbocycles. The third kappa shape index (κ3) is 4.58. The molecule has 0 aliphatic carbocycles. The topological polar surface area (TPSA) is 87.2 Å². The predicted molar refractivity (Wildman–Crippen MR) is 87.0 cm³/mol. The summed E-state index contributed by atoms with van der Waals surface area (Å²) in [5.74, 6) is -0.169. The van der Waals surface area contributed by atoms with E-state index in [0.717, 1.165) is 6.42 Å². The summed E-state index contributed by atoms with van der Waals surface area (Å²) in [7, 11) is -3.18. The second-order valence-electron chi connectivity index (χ2n) is 7.49. The van der Waals surface area contributed by atoms with Gasteiger partial charge in [-0.1, -0.05) is 6.92 Å². The van der Waals surface area contributed by atoms with Gasteiger partial charge < -0.3 is 14.7 Å². The van der Waals surface area contributed by atoms with Crippen molar-refractivity contribution in [3.63, 3.8) is 0 Å². The van der Waals surface area contributed by atoms with Gasteiger partial charge in [0.25, 0.3) is 0 Å². The Morgan fingerprint density at radius 2 is 1.91 bits per heavy atom. The van der Waals surface area contributed by atoms with Crippen LogP contribution in [0.15, 0.2) is 0 Å². The predicted octanol–water partition coefficient (Wildman–Crippen LogP) is 0.476. The highest BCUT2D eigenvalue weighted by atomic mass is 32.2. The van der Waals surface area contributed by atoms with Gasteiger partial charge in [-0.25, -0.2) is 13.2 Å². The molecule has 0 unspecified atom stereocenters. The first-order chi connectivity index (χ1) is 10.5. The number of likely N-dealkylation sites (tertiary alicyclic amines) is 1. The molecule has 8 heteroatoms. The van der Waals surface area contributed by atoms with E-state index in [1.54, 1.807) is 4.90 Å². The highest BCUT2D eigenvalue weighted by molar-refractivity contribution is 7.91. The van der Waals surface area contributed by atoms with Crippen molar-refractivity contribution in [3.8, 4) is 0 Å². The van der Waals surface area contributed by atoms with E-state index < -0.39 is 21.5 Å². The van der Waals surface area contributed by atoms with E-state index in [9.17, 15) is 18.3 Å². The quantitative estimate of drug-likeness (QED) is 0.795. The van der Waals surface area contributed by atoms with Crippen LogP contribution in [0.5, 0.6) is 0 Å². The second-order valence-corrected chi connectivity index (χ2v) is 9.64. The van der Waals surface area contributed by atoms with E-state index in [1.165, 1.54) is 0 Å². The molecule has 0 bridgehead atoms. The Morgan fingerprint density at radius 3 is 2.35 bits per heavy atom. The fourth-order valence-electron chi connectivity index (χ4n) is 3.15. The molecular formula is C15H28N2O5S. The molecule has 0 aromatic carbocycles. The maximum atomic E-state index is 12.0. The van der Waals surface area contributed by atoms with Crippen molar-refractivity contribution in [2.24, 2.45) is 0 Å². The zero-order valence-corrected chi connectivity index (χ0v) is 15.2. The summed E-state index contributed by atoms with van der Waals surface area (Å²) in [6.07, 6.45) is -0.321. The molecule has 2 aliphatic rings. The number of aliphatic hydroxyl groups excluding tert-OH is 1. The summed E-state index contributed by atoms with van der Waals surface area (Å²) >= 11 is 0. The number of nitrogens with zero attached hydrogens (tertiary/aromatic N) is 2. The van der Waals surface area contributed by atoms with Crippen LogP contribution in [-0.4, -0.2) is 84.3 Å². The molecule has 7 nitrogen and oxygen atoms in total. The lowest BCUT2D eigenvalue weighted by Crippen LogP contribution is -2.65. The molecule has 23 heavy (non-hydrogen) atoms. The van der Waals surface area contributed by atoms with Crippen LogP contribution in [0.3, 0.4) is 0 Å². The number of aliphatic hydroxyl groups is 1. The smallest absolute Gasteiger partial charge is 0.410 e. The van der Waals surface area contributed by atoms with E-state index in [2.05, 4.69) is 4.90 Å². The Morgan fingerprint density at radius 1 is 1.30 bits per heavy atom. The van der Waals surface area contributed by atoms with Crippen molar-refractivity contribution in [1.82, 2.24) is 9.80 Å². The number of hydrogen-bond acceptors (Lipinski definition) is 6. The van der Waals surface area contributed by atoms with Crippen LogP contribution in [-0.2, 0) is 14.6 Å². The lowest BCUT2D eigenvalue weighted by Gasteiger charge is -2.47. The molecular weight excluding hydrogens is 320 g/mol. The fourth-order valence-corrected chi connectivity index (χ4v) is 4.96. The largest absolute Gasteiger partial charge is 0.444 e. The Bertz CT molecular complexity index is 537. The minimum absolute atomic E-state index is 0.00287. The van der Waals surface area contributed by atoms with Gasteiger partial charge >= 0.3 is 6.09 Å².